The fourth-order valence-corrected chi connectivity index (χ4v) is 2.04. The summed E-state index contributed by atoms with van der Waals surface area (Å²) in [4.78, 5) is 2.38. The van der Waals surface area contributed by atoms with E-state index in [1.165, 1.54) is 19.4 Å². The second kappa shape index (κ2) is 2.35. The Balaban J connectivity index is 2.07. The molecular weight excluding hydrogens is 129 g/mol. The average Bonchev–Trinajstić information content (AvgIpc) is 2.42. The van der Waals surface area contributed by atoms with Gasteiger partial charge in [-0.15, -0.1) is 0 Å². The predicted octanol–water partition coefficient (Wildman–Crippen LogP) is 1.71. The van der Waals surface area contributed by atoms with Crippen LogP contribution in [0, 0.1) is 0 Å². The molecule has 0 aromatic rings. The van der Waals surface area contributed by atoms with Gasteiger partial charge in [0, 0.05) is 12.6 Å². The van der Waals surface area contributed by atoms with Crippen LogP contribution in [0.25, 0.3) is 0 Å². The van der Waals surface area contributed by atoms with E-state index in [2.05, 4.69) is 4.90 Å². The van der Waals surface area contributed by atoms with Crippen molar-refractivity contribution in [3.8, 4) is 0 Å². The first kappa shape index (κ1) is 6.35. The van der Waals surface area contributed by atoms with Crippen LogP contribution in [0.5, 0.6) is 0 Å². The SMILES string of the molecule is F/C=C1/C[C@@H]2CCCN2C1. The van der Waals surface area contributed by atoms with Crippen LogP contribution in [0.1, 0.15) is 19.3 Å². The minimum absolute atomic E-state index is 0.682. The van der Waals surface area contributed by atoms with Gasteiger partial charge in [0.25, 0.3) is 0 Å². The molecule has 0 aromatic heterocycles. The number of hydrogen-bond acceptors (Lipinski definition) is 1. The topological polar surface area (TPSA) is 3.24 Å². The minimum atomic E-state index is 0.682. The summed E-state index contributed by atoms with van der Waals surface area (Å²) in [7, 11) is 0. The highest BCUT2D eigenvalue weighted by atomic mass is 19.1. The fourth-order valence-electron chi connectivity index (χ4n) is 2.04. The number of halogens is 1. The second-order valence-corrected chi connectivity index (χ2v) is 3.24. The third-order valence-electron chi connectivity index (χ3n) is 2.56. The van der Waals surface area contributed by atoms with Crippen molar-refractivity contribution in [3.05, 3.63) is 11.9 Å². The fraction of sp³-hybridized carbons (Fsp3) is 0.750. The number of rotatable bonds is 0. The monoisotopic (exact) mass is 141 g/mol. The lowest BCUT2D eigenvalue weighted by molar-refractivity contribution is 0.327. The minimum Gasteiger partial charge on any atom is -0.296 e. The highest BCUT2D eigenvalue weighted by molar-refractivity contribution is 5.11. The van der Waals surface area contributed by atoms with Crippen molar-refractivity contribution in [1.82, 2.24) is 4.90 Å². The highest BCUT2D eigenvalue weighted by Crippen LogP contribution is 2.30. The van der Waals surface area contributed by atoms with E-state index in [0.29, 0.717) is 6.04 Å². The molecule has 0 aliphatic carbocycles. The molecule has 2 saturated heterocycles. The van der Waals surface area contributed by atoms with Crippen molar-refractivity contribution in [1.29, 1.82) is 0 Å². The summed E-state index contributed by atoms with van der Waals surface area (Å²) < 4.78 is 12.0. The van der Waals surface area contributed by atoms with Crippen LogP contribution < -0.4 is 0 Å². The molecule has 1 atom stereocenters. The Morgan fingerprint density at radius 2 is 2.50 bits per heavy atom. The summed E-state index contributed by atoms with van der Waals surface area (Å²) in [5.41, 5.74) is 0.990. The second-order valence-electron chi connectivity index (χ2n) is 3.24. The van der Waals surface area contributed by atoms with Crippen molar-refractivity contribution < 1.29 is 4.39 Å². The van der Waals surface area contributed by atoms with Gasteiger partial charge >= 0.3 is 0 Å². The standard InChI is InChI=1S/C8H12FN/c9-5-7-4-8-2-1-3-10(8)6-7/h5,8H,1-4,6H2/b7-5-/t8-/m0/s1. The molecule has 0 spiro atoms. The average molecular weight is 141 g/mol. The molecule has 0 saturated carbocycles. The van der Waals surface area contributed by atoms with Gasteiger partial charge in [0.1, 0.15) is 0 Å². The van der Waals surface area contributed by atoms with E-state index in [0.717, 1.165) is 24.9 Å². The van der Waals surface area contributed by atoms with Crippen LogP contribution in [-0.2, 0) is 0 Å². The van der Waals surface area contributed by atoms with E-state index < -0.39 is 0 Å². The van der Waals surface area contributed by atoms with E-state index in [9.17, 15) is 4.39 Å². The molecule has 2 aliphatic heterocycles. The van der Waals surface area contributed by atoms with Gasteiger partial charge in [0.05, 0.1) is 6.33 Å². The maximum atomic E-state index is 12.0. The third kappa shape index (κ3) is 0.870. The van der Waals surface area contributed by atoms with Gasteiger partial charge in [0.15, 0.2) is 0 Å². The zero-order valence-corrected chi connectivity index (χ0v) is 6.02. The molecule has 56 valence electrons. The lowest BCUT2D eigenvalue weighted by atomic mass is 10.1. The largest absolute Gasteiger partial charge is 0.296 e. The smallest absolute Gasteiger partial charge is 0.0872 e. The molecule has 1 nitrogen and oxygen atoms in total. The molecule has 2 heterocycles. The molecule has 2 heteroatoms. The molecule has 0 N–H and O–H groups in total. The Labute approximate surface area is 60.5 Å². The lowest BCUT2D eigenvalue weighted by Gasteiger charge is -2.11. The van der Waals surface area contributed by atoms with E-state index in [-0.39, 0.29) is 0 Å². The molecule has 10 heavy (non-hydrogen) atoms. The third-order valence-corrected chi connectivity index (χ3v) is 2.56. The Hall–Kier alpha value is -0.370. The van der Waals surface area contributed by atoms with Crippen LogP contribution in [-0.4, -0.2) is 24.0 Å². The lowest BCUT2D eigenvalue weighted by Crippen LogP contribution is -2.21. The highest BCUT2D eigenvalue weighted by Gasteiger charge is 2.31. The van der Waals surface area contributed by atoms with Crippen LogP contribution >= 0.6 is 0 Å². The number of hydrogen-bond donors (Lipinski definition) is 0. The Bertz CT molecular complexity index is 151. The first-order chi connectivity index (χ1) is 4.90. The molecule has 2 aliphatic rings. The maximum absolute atomic E-state index is 12.0. The number of fused-ring (bicyclic) bond motifs is 1. The zero-order chi connectivity index (χ0) is 6.97. The van der Waals surface area contributed by atoms with E-state index in [1.807, 2.05) is 0 Å². The summed E-state index contributed by atoms with van der Waals surface area (Å²) in [5, 5.41) is 0. The maximum Gasteiger partial charge on any atom is 0.0872 e. The summed E-state index contributed by atoms with van der Waals surface area (Å²) in [6, 6.07) is 0.682. The summed E-state index contributed by atoms with van der Waals surface area (Å²) >= 11 is 0. The Kier molecular flexibility index (Phi) is 1.49. The molecule has 0 amide bonds. The molecular formula is C8H12FN. The van der Waals surface area contributed by atoms with Crippen LogP contribution in [0.2, 0.25) is 0 Å². The van der Waals surface area contributed by atoms with Crippen molar-refractivity contribution in [3.63, 3.8) is 0 Å². The Morgan fingerprint density at radius 1 is 1.60 bits per heavy atom. The first-order valence-corrected chi connectivity index (χ1v) is 3.92. The van der Waals surface area contributed by atoms with Gasteiger partial charge in [-0.3, -0.25) is 4.90 Å². The molecule has 0 unspecified atom stereocenters. The predicted molar refractivity (Wildman–Crippen MR) is 38.4 cm³/mol. The van der Waals surface area contributed by atoms with E-state index in [4.69, 9.17) is 0 Å². The normalized spacial score (nSPS) is 37.3. The molecule has 0 radical (unpaired) electrons. The van der Waals surface area contributed by atoms with Crippen LogP contribution in [0.4, 0.5) is 4.39 Å². The molecule has 0 aromatic carbocycles. The first-order valence-electron chi connectivity index (χ1n) is 3.92. The van der Waals surface area contributed by atoms with Gasteiger partial charge in [0.2, 0.25) is 0 Å². The van der Waals surface area contributed by atoms with Crippen LogP contribution in [0.15, 0.2) is 11.9 Å². The van der Waals surface area contributed by atoms with E-state index >= 15 is 0 Å². The van der Waals surface area contributed by atoms with Gasteiger partial charge in [-0.05, 0) is 31.4 Å². The van der Waals surface area contributed by atoms with Crippen LogP contribution in [0.3, 0.4) is 0 Å². The zero-order valence-electron chi connectivity index (χ0n) is 6.02. The van der Waals surface area contributed by atoms with E-state index in [1.54, 1.807) is 0 Å². The summed E-state index contributed by atoms with van der Waals surface area (Å²) in [6.45, 7) is 2.07. The van der Waals surface area contributed by atoms with Gasteiger partial charge < -0.3 is 0 Å². The van der Waals surface area contributed by atoms with Crippen molar-refractivity contribution >= 4 is 0 Å². The molecule has 2 fully saturated rings. The van der Waals surface area contributed by atoms with Crippen molar-refractivity contribution in [2.24, 2.45) is 0 Å². The van der Waals surface area contributed by atoms with Gasteiger partial charge in [-0.1, -0.05) is 0 Å². The summed E-state index contributed by atoms with van der Waals surface area (Å²) in [5.74, 6) is 0. The molecule has 2 rings (SSSR count). The number of nitrogens with zero attached hydrogens (tertiary/aromatic N) is 1. The quantitative estimate of drug-likeness (QED) is 0.496. The van der Waals surface area contributed by atoms with Crippen molar-refractivity contribution in [2.75, 3.05) is 13.1 Å². The van der Waals surface area contributed by atoms with Gasteiger partial charge in [-0.25, -0.2) is 4.39 Å². The Morgan fingerprint density at radius 3 is 3.20 bits per heavy atom. The van der Waals surface area contributed by atoms with Crippen molar-refractivity contribution in [2.45, 2.75) is 25.3 Å². The van der Waals surface area contributed by atoms with Gasteiger partial charge in [-0.2, -0.15) is 0 Å². The summed E-state index contributed by atoms with van der Waals surface area (Å²) in [6.07, 6.45) is 4.36. The molecule has 0 bridgehead atoms.